The van der Waals surface area contributed by atoms with Crippen molar-refractivity contribution in [3.8, 4) is 5.75 Å². The fourth-order valence-corrected chi connectivity index (χ4v) is 1.81. The van der Waals surface area contributed by atoms with E-state index >= 15 is 0 Å². The minimum atomic E-state index is -0.195. The molecule has 0 fully saturated rings. The fraction of sp³-hybridized carbons (Fsp3) is 0.500. The summed E-state index contributed by atoms with van der Waals surface area (Å²) >= 11 is 3.45. The van der Waals surface area contributed by atoms with E-state index in [-0.39, 0.29) is 5.54 Å². The first-order chi connectivity index (χ1) is 7.42. The van der Waals surface area contributed by atoms with Crippen molar-refractivity contribution in [2.75, 3.05) is 13.7 Å². The molecule has 0 aromatic heterocycles. The fourth-order valence-electron chi connectivity index (χ4n) is 1.40. The number of benzene rings is 1. The Morgan fingerprint density at radius 3 is 2.69 bits per heavy atom. The molecule has 16 heavy (non-hydrogen) atoms. The van der Waals surface area contributed by atoms with Crippen LogP contribution in [0.15, 0.2) is 22.7 Å². The lowest BCUT2D eigenvalue weighted by Gasteiger charge is -2.19. The summed E-state index contributed by atoms with van der Waals surface area (Å²) < 4.78 is 6.34. The molecule has 0 spiro atoms. The average molecular weight is 287 g/mol. The van der Waals surface area contributed by atoms with E-state index in [2.05, 4.69) is 27.3 Å². The summed E-state index contributed by atoms with van der Waals surface area (Å²) in [5.74, 6) is 0.894. The molecule has 0 radical (unpaired) electrons. The molecule has 0 saturated carbocycles. The molecule has 0 atom stereocenters. The van der Waals surface area contributed by atoms with E-state index in [4.69, 9.17) is 10.5 Å². The van der Waals surface area contributed by atoms with E-state index in [9.17, 15) is 0 Å². The van der Waals surface area contributed by atoms with Crippen molar-refractivity contribution < 1.29 is 4.74 Å². The van der Waals surface area contributed by atoms with Gasteiger partial charge in [0, 0.05) is 28.7 Å². The number of nitrogens with two attached hydrogens (primary N) is 1. The number of rotatable bonds is 5. The second-order valence-electron chi connectivity index (χ2n) is 4.55. The smallest absolute Gasteiger partial charge is 0.123 e. The quantitative estimate of drug-likeness (QED) is 0.873. The van der Waals surface area contributed by atoms with Crippen LogP contribution in [0.5, 0.6) is 5.75 Å². The molecule has 0 heterocycles. The van der Waals surface area contributed by atoms with Gasteiger partial charge in [-0.2, -0.15) is 0 Å². The van der Waals surface area contributed by atoms with Crippen LogP contribution in [0.2, 0.25) is 0 Å². The molecule has 1 aromatic carbocycles. The van der Waals surface area contributed by atoms with Gasteiger partial charge in [0.15, 0.2) is 0 Å². The molecule has 3 nitrogen and oxygen atoms in total. The van der Waals surface area contributed by atoms with Crippen molar-refractivity contribution in [3.63, 3.8) is 0 Å². The number of hydrogen-bond donors (Lipinski definition) is 2. The Balaban J connectivity index is 2.62. The van der Waals surface area contributed by atoms with Crippen molar-refractivity contribution >= 4 is 15.9 Å². The zero-order chi connectivity index (χ0) is 12.2. The third kappa shape index (κ3) is 4.51. The standard InChI is InChI=1S/C12H19BrN2O/c1-12(2,14)8-15-7-9-6-10(13)4-5-11(9)16-3/h4-6,15H,7-8,14H2,1-3H3. The van der Waals surface area contributed by atoms with Gasteiger partial charge in [-0.25, -0.2) is 0 Å². The molecule has 1 rings (SSSR count). The molecule has 0 aliphatic rings. The number of nitrogens with one attached hydrogen (secondary N) is 1. The van der Waals surface area contributed by atoms with Crippen molar-refractivity contribution in [1.82, 2.24) is 5.32 Å². The van der Waals surface area contributed by atoms with Gasteiger partial charge in [-0.1, -0.05) is 15.9 Å². The summed E-state index contributed by atoms with van der Waals surface area (Å²) in [7, 11) is 1.68. The molecule has 0 bridgehead atoms. The molecule has 0 aliphatic heterocycles. The Hall–Kier alpha value is -0.580. The van der Waals surface area contributed by atoms with Crippen LogP contribution in [0.3, 0.4) is 0 Å². The Labute approximate surface area is 105 Å². The molecular weight excluding hydrogens is 268 g/mol. The maximum atomic E-state index is 5.90. The number of halogens is 1. The predicted molar refractivity (Wildman–Crippen MR) is 70.7 cm³/mol. The molecular formula is C12H19BrN2O. The van der Waals surface area contributed by atoms with Crippen molar-refractivity contribution in [3.05, 3.63) is 28.2 Å². The van der Waals surface area contributed by atoms with Gasteiger partial charge in [-0.05, 0) is 32.0 Å². The molecule has 0 unspecified atom stereocenters. The molecule has 90 valence electrons. The molecule has 0 saturated heterocycles. The van der Waals surface area contributed by atoms with Crippen molar-refractivity contribution in [2.24, 2.45) is 5.73 Å². The highest BCUT2D eigenvalue weighted by Crippen LogP contribution is 2.22. The Kier molecular flexibility index (Phi) is 4.77. The lowest BCUT2D eigenvalue weighted by atomic mass is 10.1. The van der Waals surface area contributed by atoms with Crippen LogP contribution >= 0.6 is 15.9 Å². The number of ether oxygens (including phenoxy) is 1. The van der Waals surface area contributed by atoms with Crippen LogP contribution in [0.1, 0.15) is 19.4 Å². The van der Waals surface area contributed by atoms with Gasteiger partial charge in [-0.15, -0.1) is 0 Å². The summed E-state index contributed by atoms with van der Waals surface area (Å²) in [6, 6.07) is 5.97. The van der Waals surface area contributed by atoms with Crippen LogP contribution in [-0.2, 0) is 6.54 Å². The van der Waals surface area contributed by atoms with Crippen molar-refractivity contribution in [1.29, 1.82) is 0 Å². The third-order valence-electron chi connectivity index (χ3n) is 2.14. The van der Waals surface area contributed by atoms with Gasteiger partial charge < -0.3 is 15.8 Å². The minimum Gasteiger partial charge on any atom is -0.496 e. The first-order valence-corrected chi connectivity index (χ1v) is 6.04. The van der Waals surface area contributed by atoms with Gasteiger partial charge in [0.05, 0.1) is 7.11 Å². The first-order valence-electron chi connectivity index (χ1n) is 5.24. The van der Waals surface area contributed by atoms with Crippen LogP contribution in [0.25, 0.3) is 0 Å². The van der Waals surface area contributed by atoms with Crippen LogP contribution in [0, 0.1) is 0 Å². The Morgan fingerprint density at radius 2 is 2.12 bits per heavy atom. The highest BCUT2D eigenvalue weighted by atomic mass is 79.9. The minimum absolute atomic E-state index is 0.195. The molecule has 0 aliphatic carbocycles. The summed E-state index contributed by atoms with van der Waals surface area (Å²) in [5.41, 5.74) is 6.83. The normalized spacial score (nSPS) is 11.6. The SMILES string of the molecule is COc1ccc(Br)cc1CNCC(C)(C)N. The summed E-state index contributed by atoms with van der Waals surface area (Å²) in [5, 5.41) is 3.32. The molecule has 4 heteroatoms. The van der Waals surface area contributed by atoms with Crippen LogP contribution in [0.4, 0.5) is 0 Å². The van der Waals surface area contributed by atoms with E-state index < -0.39 is 0 Å². The number of hydrogen-bond acceptors (Lipinski definition) is 3. The largest absolute Gasteiger partial charge is 0.496 e. The Bertz CT molecular complexity index is 347. The summed E-state index contributed by atoms with van der Waals surface area (Å²) in [4.78, 5) is 0. The highest BCUT2D eigenvalue weighted by molar-refractivity contribution is 9.10. The lowest BCUT2D eigenvalue weighted by Crippen LogP contribution is -2.42. The molecule has 1 aromatic rings. The van der Waals surface area contributed by atoms with E-state index in [1.54, 1.807) is 7.11 Å². The van der Waals surface area contributed by atoms with E-state index in [0.717, 1.165) is 28.9 Å². The average Bonchev–Trinajstić information content (AvgIpc) is 2.16. The second-order valence-corrected chi connectivity index (χ2v) is 5.46. The predicted octanol–water partition coefficient (Wildman–Crippen LogP) is 2.28. The monoisotopic (exact) mass is 286 g/mol. The van der Waals surface area contributed by atoms with Gasteiger partial charge in [-0.3, -0.25) is 0 Å². The van der Waals surface area contributed by atoms with Crippen molar-refractivity contribution in [2.45, 2.75) is 25.9 Å². The van der Waals surface area contributed by atoms with Gasteiger partial charge in [0.25, 0.3) is 0 Å². The zero-order valence-corrected chi connectivity index (χ0v) is 11.6. The van der Waals surface area contributed by atoms with Gasteiger partial charge in [0.2, 0.25) is 0 Å². The molecule has 3 N–H and O–H groups in total. The lowest BCUT2D eigenvalue weighted by molar-refractivity contribution is 0.404. The maximum absolute atomic E-state index is 5.90. The van der Waals surface area contributed by atoms with Crippen LogP contribution in [-0.4, -0.2) is 19.2 Å². The van der Waals surface area contributed by atoms with Gasteiger partial charge in [0.1, 0.15) is 5.75 Å². The topological polar surface area (TPSA) is 47.3 Å². The highest BCUT2D eigenvalue weighted by Gasteiger charge is 2.10. The Morgan fingerprint density at radius 1 is 1.44 bits per heavy atom. The third-order valence-corrected chi connectivity index (χ3v) is 2.63. The van der Waals surface area contributed by atoms with E-state index in [1.807, 2.05) is 26.0 Å². The van der Waals surface area contributed by atoms with Gasteiger partial charge >= 0.3 is 0 Å². The second kappa shape index (κ2) is 5.66. The summed E-state index contributed by atoms with van der Waals surface area (Å²) in [6.07, 6.45) is 0. The maximum Gasteiger partial charge on any atom is 0.123 e. The van der Waals surface area contributed by atoms with E-state index in [0.29, 0.717) is 0 Å². The summed E-state index contributed by atoms with van der Waals surface area (Å²) in [6.45, 7) is 5.52. The van der Waals surface area contributed by atoms with Crippen LogP contribution < -0.4 is 15.8 Å². The molecule has 0 amide bonds. The van der Waals surface area contributed by atoms with E-state index in [1.165, 1.54) is 0 Å². The first kappa shape index (κ1) is 13.5. The zero-order valence-electron chi connectivity index (χ0n) is 10.0. The number of methoxy groups -OCH3 is 1.